The van der Waals surface area contributed by atoms with Gasteiger partial charge in [0.2, 0.25) is 0 Å². The normalized spacial score (nSPS) is 12.8. The molecule has 0 rings (SSSR count). The van der Waals surface area contributed by atoms with E-state index in [0.29, 0.717) is 11.7 Å². The van der Waals surface area contributed by atoms with Crippen LogP contribution in [-0.2, 0) is 4.79 Å². The molecule has 0 aliphatic carbocycles. The second-order valence-electron chi connectivity index (χ2n) is 3.90. The van der Waals surface area contributed by atoms with E-state index in [4.69, 9.17) is 0 Å². The van der Waals surface area contributed by atoms with Crippen LogP contribution in [0.2, 0.25) is 0 Å². The zero-order valence-corrected chi connectivity index (χ0v) is 10.7. The summed E-state index contributed by atoms with van der Waals surface area (Å²) in [6.45, 7) is 4.41. The molecule has 0 aromatic heterocycles. The summed E-state index contributed by atoms with van der Waals surface area (Å²) in [7, 11) is 0. The number of Topliss-reactive ketones (excluding diaryl/α,β-unsaturated/α-hetero) is 1. The lowest BCUT2D eigenvalue weighted by Crippen LogP contribution is -2.08. The first-order chi connectivity index (χ1) is 6.74. The maximum atomic E-state index is 11.5. The molecule has 0 aromatic rings. The second-order valence-corrected chi connectivity index (χ2v) is 4.89. The number of hydrogen-bond acceptors (Lipinski definition) is 2. The van der Waals surface area contributed by atoms with Crippen LogP contribution < -0.4 is 0 Å². The molecule has 0 radical (unpaired) electrons. The van der Waals surface area contributed by atoms with Crippen molar-refractivity contribution in [3.63, 3.8) is 0 Å². The predicted molar refractivity (Wildman–Crippen MR) is 65.9 cm³/mol. The Bertz CT molecular complexity index is 145. The molecular weight excluding hydrogens is 192 g/mol. The second kappa shape index (κ2) is 9.57. The van der Waals surface area contributed by atoms with Gasteiger partial charge in [-0.3, -0.25) is 4.79 Å². The molecule has 0 N–H and O–H groups in total. The summed E-state index contributed by atoms with van der Waals surface area (Å²) in [5, 5.41) is 0. The van der Waals surface area contributed by atoms with Gasteiger partial charge in [0.25, 0.3) is 0 Å². The van der Waals surface area contributed by atoms with Crippen LogP contribution in [0.4, 0.5) is 0 Å². The van der Waals surface area contributed by atoms with E-state index in [1.165, 1.54) is 19.3 Å². The number of thioether (sulfide) groups is 1. The zero-order chi connectivity index (χ0) is 10.8. The first-order valence-corrected chi connectivity index (χ1v) is 7.14. The summed E-state index contributed by atoms with van der Waals surface area (Å²) >= 11 is 1.76. The highest BCUT2D eigenvalue weighted by molar-refractivity contribution is 7.98. The van der Waals surface area contributed by atoms with Crippen molar-refractivity contribution in [3.8, 4) is 0 Å². The van der Waals surface area contributed by atoms with Gasteiger partial charge in [-0.2, -0.15) is 11.8 Å². The van der Waals surface area contributed by atoms with Crippen LogP contribution in [-0.4, -0.2) is 17.8 Å². The summed E-state index contributed by atoms with van der Waals surface area (Å²) in [5.74, 6) is 2.09. The van der Waals surface area contributed by atoms with E-state index >= 15 is 0 Å². The van der Waals surface area contributed by atoms with E-state index < -0.39 is 0 Å². The van der Waals surface area contributed by atoms with Gasteiger partial charge in [-0.1, -0.05) is 39.5 Å². The van der Waals surface area contributed by atoms with Crippen LogP contribution in [0.1, 0.15) is 52.4 Å². The summed E-state index contributed by atoms with van der Waals surface area (Å²) in [6, 6.07) is 0. The molecule has 0 saturated heterocycles. The molecule has 0 aromatic carbocycles. The fourth-order valence-electron chi connectivity index (χ4n) is 1.58. The van der Waals surface area contributed by atoms with Crippen LogP contribution in [0.3, 0.4) is 0 Å². The van der Waals surface area contributed by atoms with E-state index in [1.807, 2.05) is 0 Å². The number of rotatable bonds is 9. The number of hydrogen-bond donors (Lipinski definition) is 0. The van der Waals surface area contributed by atoms with Crippen LogP contribution in [0, 0.1) is 5.92 Å². The Balaban J connectivity index is 3.62. The van der Waals surface area contributed by atoms with E-state index in [2.05, 4.69) is 20.1 Å². The van der Waals surface area contributed by atoms with Gasteiger partial charge in [-0.15, -0.1) is 0 Å². The van der Waals surface area contributed by atoms with Gasteiger partial charge in [-0.05, 0) is 17.9 Å². The van der Waals surface area contributed by atoms with Gasteiger partial charge in [0.05, 0.1) is 0 Å². The predicted octanol–water partition coefficient (Wildman–Crippen LogP) is 3.92. The van der Waals surface area contributed by atoms with Crippen molar-refractivity contribution >= 4 is 17.5 Å². The number of ketones is 1. The average Bonchev–Trinajstić information content (AvgIpc) is 2.21. The van der Waals surface area contributed by atoms with Crippen LogP contribution >= 0.6 is 11.8 Å². The maximum absolute atomic E-state index is 11.5. The molecule has 0 aliphatic rings. The fraction of sp³-hybridized carbons (Fsp3) is 0.917. The lowest BCUT2D eigenvalue weighted by Gasteiger charge is -2.12. The highest BCUT2D eigenvalue weighted by Gasteiger charge is 2.10. The smallest absolute Gasteiger partial charge is 0.134 e. The maximum Gasteiger partial charge on any atom is 0.134 e. The third-order valence-electron chi connectivity index (χ3n) is 2.64. The summed E-state index contributed by atoms with van der Waals surface area (Å²) in [5.41, 5.74) is 0. The van der Waals surface area contributed by atoms with Crippen molar-refractivity contribution in [2.45, 2.75) is 52.4 Å². The largest absolute Gasteiger partial charge is 0.300 e. The molecule has 0 saturated carbocycles. The standard InChI is InChI=1S/C12H24OS/c1-4-6-7-11(5-2)10-12(13)8-9-14-3/h11H,4-10H2,1-3H3. The molecule has 84 valence electrons. The van der Waals surface area contributed by atoms with Crippen LogP contribution in [0.5, 0.6) is 0 Å². The number of unbranched alkanes of at least 4 members (excludes halogenated alkanes) is 1. The van der Waals surface area contributed by atoms with Gasteiger partial charge in [0.15, 0.2) is 0 Å². The molecule has 0 bridgehead atoms. The summed E-state index contributed by atoms with van der Waals surface area (Å²) in [4.78, 5) is 11.5. The van der Waals surface area contributed by atoms with Gasteiger partial charge in [-0.25, -0.2) is 0 Å². The lowest BCUT2D eigenvalue weighted by atomic mass is 9.93. The summed E-state index contributed by atoms with van der Waals surface area (Å²) in [6.07, 6.45) is 8.55. The van der Waals surface area contributed by atoms with E-state index in [9.17, 15) is 4.79 Å². The molecule has 0 amide bonds. The van der Waals surface area contributed by atoms with E-state index in [-0.39, 0.29) is 0 Å². The molecule has 14 heavy (non-hydrogen) atoms. The Labute approximate surface area is 93.0 Å². The minimum atomic E-state index is 0.460. The topological polar surface area (TPSA) is 17.1 Å². The van der Waals surface area contributed by atoms with Crippen molar-refractivity contribution in [2.24, 2.45) is 5.92 Å². The van der Waals surface area contributed by atoms with Crippen LogP contribution in [0.25, 0.3) is 0 Å². The van der Waals surface area contributed by atoms with Gasteiger partial charge >= 0.3 is 0 Å². The third-order valence-corrected chi connectivity index (χ3v) is 3.26. The Kier molecular flexibility index (Phi) is 9.58. The Morgan fingerprint density at radius 2 is 2.07 bits per heavy atom. The molecule has 0 heterocycles. The Morgan fingerprint density at radius 1 is 1.36 bits per heavy atom. The molecule has 0 aliphatic heterocycles. The number of carbonyl (C=O) groups is 1. The fourth-order valence-corrected chi connectivity index (χ4v) is 2.02. The minimum Gasteiger partial charge on any atom is -0.300 e. The molecule has 1 atom stereocenters. The first kappa shape index (κ1) is 14.0. The van der Waals surface area contributed by atoms with E-state index in [1.54, 1.807) is 11.8 Å². The highest BCUT2D eigenvalue weighted by atomic mass is 32.2. The van der Waals surface area contributed by atoms with Crippen molar-refractivity contribution in [1.29, 1.82) is 0 Å². The molecule has 1 unspecified atom stereocenters. The average molecular weight is 216 g/mol. The zero-order valence-electron chi connectivity index (χ0n) is 9.84. The van der Waals surface area contributed by atoms with Gasteiger partial charge in [0.1, 0.15) is 5.78 Å². The Morgan fingerprint density at radius 3 is 2.57 bits per heavy atom. The molecule has 0 spiro atoms. The molecule has 1 nitrogen and oxygen atoms in total. The number of carbonyl (C=O) groups excluding carboxylic acids is 1. The van der Waals surface area contributed by atoms with Gasteiger partial charge < -0.3 is 0 Å². The Hall–Kier alpha value is 0.0200. The van der Waals surface area contributed by atoms with Crippen LogP contribution in [0.15, 0.2) is 0 Å². The van der Waals surface area contributed by atoms with Crippen molar-refractivity contribution in [3.05, 3.63) is 0 Å². The third kappa shape index (κ3) is 7.43. The lowest BCUT2D eigenvalue weighted by molar-refractivity contribution is -0.119. The SMILES string of the molecule is CCCCC(CC)CC(=O)CCSC. The van der Waals surface area contributed by atoms with Crippen molar-refractivity contribution in [2.75, 3.05) is 12.0 Å². The van der Waals surface area contributed by atoms with Gasteiger partial charge in [0, 0.05) is 12.8 Å². The monoisotopic (exact) mass is 216 g/mol. The minimum absolute atomic E-state index is 0.460. The van der Waals surface area contributed by atoms with E-state index in [0.717, 1.165) is 25.0 Å². The first-order valence-electron chi connectivity index (χ1n) is 5.75. The summed E-state index contributed by atoms with van der Waals surface area (Å²) < 4.78 is 0. The van der Waals surface area contributed by atoms with Crippen molar-refractivity contribution < 1.29 is 4.79 Å². The molecule has 0 fully saturated rings. The highest BCUT2D eigenvalue weighted by Crippen LogP contribution is 2.18. The van der Waals surface area contributed by atoms with Crippen molar-refractivity contribution in [1.82, 2.24) is 0 Å². The molecule has 2 heteroatoms. The quantitative estimate of drug-likeness (QED) is 0.581. The molecular formula is C12H24OS.